The van der Waals surface area contributed by atoms with Crippen LogP contribution in [0.15, 0.2) is 24.3 Å². The van der Waals surface area contributed by atoms with Crippen molar-refractivity contribution >= 4 is 17.6 Å². The third kappa shape index (κ3) is 3.98. The number of amides is 1. The second-order valence-corrected chi connectivity index (χ2v) is 4.93. The van der Waals surface area contributed by atoms with Gasteiger partial charge in [-0.3, -0.25) is 9.59 Å². The number of hydrogen-bond donors (Lipinski definition) is 1. The number of ether oxygens (including phenoxy) is 2. The summed E-state index contributed by atoms with van der Waals surface area (Å²) in [5.74, 6) is 0.500. The minimum Gasteiger partial charge on any atom is -0.494 e. The van der Waals surface area contributed by atoms with Crippen LogP contribution in [0, 0.1) is 11.8 Å². The first kappa shape index (κ1) is 14.4. The van der Waals surface area contributed by atoms with Gasteiger partial charge in [0.05, 0.1) is 12.5 Å². The van der Waals surface area contributed by atoms with Crippen molar-refractivity contribution in [1.29, 1.82) is 0 Å². The Morgan fingerprint density at radius 3 is 2.50 bits per heavy atom. The zero-order valence-electron chi connectivity index (χ0n) is 11.7. The molecule has 5 heteroatoms. The maximum Gasteiger partial charge on any atom is 0.309 e. The van der Waals surface area contributed by atoms with Gasteiger partial charge in [-0.05, 0) is 43.5 Å². The predicted molar refractivity (Wildman–Crippen MR) is 74.5 cm³/mol. The molecule has 1 aromatic carbocycles. The number of carbonyl (C=O) groups is 2. The molecule has 1 amide bonds. The van der Waals surface area contributed by atoms with E-state index in [1.165, 1.54) is 0 Å². The highest BCUT2D eigenvalue weighted by Crippen LogP contribution is 2.38. The van der Waals surface area contributed by atoms with Crippen LogP contribution < -0.4 is 10.1 Å². The van der Waals surface area contributed by atoms with Gasteiger partial charge in [0.1, 0.15) is 5.75 Å². The largest absolute Gasteiger partial charge is 0.494 e. The van der Waals surface area contributed by atoms with Gasteiger partial charge in [0, 0.05) is 5.69 Å². The van der Waals surface area contributed by atoms with Crippen molar-refractivity contribution in [2.75, 3.05) is 18.5 Å². The molecule has 1 aliphatic carbocycles. The normalized spacial score (nSPS) is 20.1. The summed E-state index contributed by atoms with van der Waals surface area (Å²) < 4.78 is 10.3. The Kier molecular flexibility index (Phi) is 4.61. The van der Waals surface area contributed by atoms with Crippen molar-refractivity contribution in [1.82, 2.24) is 0 Å². The van der Waals surface area contributed by atoms with E-state index < -0.39 is 0 Å². The molecule has 2 rings (SSSR count). The van der Waals surface area contributed by atoms with E-state index in [4.69, 9.17) is 9.47 Å². The van der Waals surface area contributed by atoms with Gasteiger partial charge in [-0.1, -0.05) is 6.92 Å². The van der Waals surface area contributed by atoms with E-state index in [0.717, 1.165) is 12.2 Å². The molecule has 0 heterocycles. The van der Waals surface area contributed by atoms with Crippen molar-refractivity contribution in [2.24, 2.45) is 11.8 Å². The zero-order valence-corrected chi connectivity index (χ0v) is 11.7. The Balaban J connectivity index is 1.74. The molecule has 0 radical (unpaired) electrons. The number of rotatable bonds is 6. The molecular weight excluding hydrogens is 258 g/mol. The van der Waals surface area contributed by atoms with Gasteiger partial charge in [-0.15, -0.1) is 0 Å². The van der Waals surface area contributed by atoms with Crippen molar-refractivity contribution in [3.8, 4) is 5.75 Å². The minimum absolute atomic E-state index is 0.0201. The van der Waals surface area contributed by atoms with Gasteiger partial charge in [0.15, 0.2) is 6.61 Å². The standard InChI is InChI=1S/C15H19NO4/c1-3-19-12-6-4-11(5-7-12)16-14(17)9-20-15(18)13-8-10(13)2/h4-7,10,13H,3,8-9H2,1-2H3,(H,16,17)/t10-,13+/m1/s1. The van der Waals surface area contributed by atoms with Crippen LogP contribution in [0.3, 0.4) is 0 Å². The Morgan fingerprint density at radius 2 is 1.95 bits per heavy atom. The molecule has 0 aromatic heterocycles. The van der Waals surface area contributed by atoms with E-state index in [2.05, 4.69) is 5.32 Å². The van der Waals surface area contributed by atoms with Crippen molar-refractivity contribution in [3.63, 3.8) is 0 Å². The average Bonchev–Trinajstić information content (AvgIpc) is 3.16. The summed E-state index contributed by atoms with van der Waals surface area (Å²) >= 11 is 0. The molecule has 0 aliphatic heterocycles. The molecule has 5 nitrogen and oxygen atoms in total. The third-order valence-electron chi connectivity index (χ3n) is 3.21. The Morgan fingerprint density at radius 1 is 1.30 bits per heavy atom. The minimum atomic E-state index is -0.337. The van der Waals surface area contributed by atoms with Crippen LogP contribution in [-0.2, 0) is 14.3 Å². The van der Waals surface area contributed by atoms with Crippen LogP contribution in [-0.4, -0.2) is 25.1 Å². The van der Waals surface area contributed by atoms with Crippen molar-refractivity contribution < 1.29 is 19.1 Å². The lowest BCUT2D eigenvalue weighted by Crippen LogP contribution is -2.21. The van der Waals surface area contributed by atoms with Gasteiger partial charge in [0.2, 0.25) is 0 Å². The quantitative estimate of drug-likeness (QED) is 0.810. The van der Waals surface area contributed by atoms with Crippen LogP contribution in [0.25, 0.3) is 0 Å². The molecular formula is C15H19NO4. The molecule has 1 aliphatic rings. The van der Waals surface area contributed by atoms with E-state index in [9.17, 15) is 9.59 Å². The lowest BCUT2D eigenvalue weighted by atomic mass is 10.3. The summed E-state index contributed by atoms with van der Waals surface area (Å²) in [5.41, 5.74) is 0.647. The topological polar surface area (TPSA) is 64.6 Å². The Hall–Kier alpha value is -2.04. The Labute approximate surface area is 118 Å². The molecule has 20 heavy (non-hydrogen) atoms. The van der Waals surface area contributed by atoms with Crippen LogP contribution in [0.4, 0.5) is 5.69 Å². The first-order valence-electron chi connectivity index (χ1n) is 6.79. The van der Waals surface area contributed by atoms with E-state index >= 15 is 0 Å². The van der Waals surface area contributed by atoms with E-state index in [0.29, 0.717) is 18.2 Å². The van der Waals surface area contributed by atoms with Crippen LogP contribution in [0.2, 0.25) is 0 Å². The van der Waals surface area contributed by atoms with Gasteiger partial charge in [0.25, 0.3) is 5.91 Å². The van der Waals surface area contributed by atoms with Crippen molar-refractivity contribution in [3.05, 3.63) is 24.3 Å². The summed E-state index contributed by atoms with van der Waals surface area (Å²) in [4.78, 5) is 23.1. The highest BCUT2D eigenvalue weighted by atomic mass is 16.5. The molecule has 0 bridgehead atoms. The second-order valence-electron chi connectivity index (χ2n) is 4.93. The summed E-state index contributed by atoms with van der Waals surface area (Å²) in [6, 6.07) is 7.04. The summed E-state index contributed by atoms with van der Waals surface area (Å²) in [6.45, 7) is 4.26. The molecule has 1 fully saturated rings. The third-order valence-corrected chi connectivity index (χ3v) is 3.21. The first-order chi connectivity index (χ1) is 9.60. The Bertz CT molecular complexity index is 483. The fourth-order valence-electron chi connectivity index (χ4n) is 1.89. The predicted octanol–water partition coefficient (Wildman–Crippen LogP) is 2.22. The van der Waals surface area contributed by atoms with Crippen molar-refractivity contribution in [2.45, 2.75) is 20.3 Å². The number of nitrogens with one attached hydrogen (secondary N) is 1. The smallest absolute Gasteiger partial charge is 0.309 e. The summed E-state index contributed by atoms with van der Waals surface area (Å²) in [5, 5.41) is 2.67. The van der Waals surface area contributed by atoms with Gasteiger partial charge in [-0.25, -0.2) is 0 Å². The number of carbonyl (C=O) groups excluding carboxylic acids is 2. The molecule has 0 saturated heterocycles. The highest BCUT2D eigenvalue weighted by molar-refractivity contribution is 5.93. The number of benzene rings is 1. The van der Waals surface area contributed by atoms with Gasteiger partial charge in [-0.2, -0.15) is 0 Å². The van der Waals surface area contributed by atoms with Crippen LogP contribution in [0.5, 0.6) is 5.75 Å². The van der Waals surface area contributed by atoms with Crippen LogP contribution >= 0.6 is 0 Å². The van der Waals surface area contributed by atoms with Gasteiger partial charge >= 0.3 is 5.97 Å². The number of hydrogen-bond acceptors (Lipinski definition) is 4. The summed E-state index contributed by atoms with van der Waals surface area (Å²) in [7, 11) is 0. The highest BCUT2D eigenvalue weighted by Gasteiger charge is 2.40. The fraction of sp³-hybridized carbons (Fsp3) is 0.467. The van der Waals surface area contributed by atoms with E-state index in [1.54, 1.807) is 24.3 Å². The number of anilines is 1. The summed E-state index contributed by atoms with van der Waals surface area (Å²) in [6.07, 6.45) is 0.860. The molecule has 2 atom stereocenters. The van der Waals surface area contributed by atoms with Crippen LogP contribution in [0.1, 0.15) is 20.3 Å². The van der Waals surface area contributed by atoms with Gasteiger partial charge < -0.3 is 14.8 Å². The lowest BCUT2D eigenvalue weighted by molar-refractivity contribution is -0.148. The molecule has 1 aromatic rings. The molecule has 0 spiro atoms. The maximum atomic E-state index is 11.6. The number of esters is 1. The monoisotopic (exact) mass is 277 g/mol. The van der Waals surface area contributed by atoms with E-state index in [-0.39, 0.29) is 24.4 Å². The molecule has 0 unspecified atom stereocenters. The average molecular weight is 277 g/mol. The molecule has 1 saturated carbocycles. The zero-order chi connectivity index (χ0) is 14.5. The molecule has 1 N–H and O–H groups in total. The fourth-order valence-corrected chi connectivity index (χ4v) is 1.89. The lowest BCUT2D eigenvalue weighted by Gasteiger charge is -2.07. The second kappa shape index (κ2) is 6.41. The van der Waals surface area contributed by atoms with E-state index in [1.807, 2.05) is 13.8 Å². The maximum absolute atomic E-state index is 11.6. The SMILES string of the molecule is CCOc1ccc(NC(=O)COC(=O)[C@H]2C[C@H]2C)cc1. The molecule has 108 valence electrons. The first-order valence-corrected chi connectivity index (χ1v) is 6.79.